The normalized spacial score (nSPS) is 23.7. The highest BCUT2D eigenvalue weighted by Crippen LogP contribution is 2.36. The van der Waals surface area contributed by atoms with E-state index >= 15 is 0 Å². The number of carbonyl (C=O) groups is 4. The number of nitrogens with two attached hydrogens (primary N) is 1. The number of hydrogen-bond acceptors (Lipinski definition) is 6. The highest BCUT2D eigenvalue weighted by Gasteiger charge is 2.56. The summed E-state index contributed by atoms with van der Waals surface area (Å²) in [6.45, 7) is 2.83. The molecule has 3 aliphatic heterocycles. The molecule has 0 unspecified atom stereocenters. The van der Waals surface area contributed by atoms with Crippen LogP contribution in [0.25, 0.3) is 0 Å². The van der Waals surface area contributed by atoms with E-state index in [1.807, 2.05) is 23.1 Å². The number of piperidine rings is 1. The number of rotatable bonds is 10. The van der Waals surface area contributed by atoms with Gasteiger partial charge in [-0.05, 0) is 50.0 Å². The third kappa shape index (κ3) is 7.07. The zero-order valence-corrected chi connectivity index (χ0v) is 22.5. The molecule has 4 amide bonds. The molecule has 11 nitrogen and oxygen atoms in total. The monoisotopic (exact) mass is 540 g/mol. The summed E-state index contributed by atoms with van der Waals surface area (Å²) in [5.41, 5.74) is 1.31. The summed E-state index contributed by atoms with van der Waals surface area (Å²) in [5, 5.41) is 13.4. The van der Waals surface area contributed by atoms with Crippen molar-refractivity contribution in [1.29, 1.82) is 0 Å². The molecule has 1 aromatic rings. The van der Waals surface area contributed by atoms with E-state index in [0.29, 0.717) is 32.5 Å². The van der Waals surface area contributed by atoms with Crippen LogP contribution in [0.15, 0.2) is 35.4 Å². The summed E-state index contributed by atoms with van der Waals surface area (Å²) in [6.07, 6.45) is 8.11. The first-order chi connectivity index (χ1) is 18.9. The molecule has 3 heterocycles. The predicted octanol–water partition coefficient (Wildman–Crippen LogP) is 1.97. The summed E-state index contributed by atoms with van der Waals surface area (Å²) < 4.78 is 0. The number of likely N-dealkylation sites (tertiary alicyclic amines) is 2. The summed E-state index contributed by atoms with van der Waals surface area (Å²) in [4.78, 5) is 56.9. The summed E-state index contributed by atoms with van der Waals surface area (Å²) in [5.74, 6) is 3.16. The molecule has 3 N–H and O–H groups in total. The Bertz CT molecular complexity index is 1040. The smallest absolute Gasteiger partial charge is 0.327 e. The van der Waals surface area contributed by atoms with E-state index in [2.05, 4.69) is 17.2 Å². The number of amides is 4. The minimum atomic E-state index is -1.16. The Labute approximate surface area is 229 Å². The number of carboxylic acid groups (broad SMARTS) is 1. The maximum atomic E-state index is 13.1. The van der Waals surface area contributed by atoms with Crippen LogP contribution in [0.3, 0.4) is 0 Å². The van der Waals surface area contributed by atoms with Crippen LogP contribution in [0.1, 0.15) is 50.5 Å². The highest BCUT2D eigenvalue weighted by atomic mass is 16.4. The first kappa shape index (κ1) is 28.4. The average Bonchev–Trinajstić information content (AvgIpc) is 2.94. The maximum absolute atomic E-state index is 13.1. The van der Waals surface area contributed by atoms with Gasteiger partial charge in [0.15, 0.2) is 6.04 Å². The molecule has 0 radical (unpaired) electrons. The minimum absolute atomic E-state index is 0.0755. The van der Waals surface area contributed by atoms with Crippen LogP contribution in [0.5, 0.6) is 0 Å². The standard InChI is InChI=1S/C28H40N6O5/c29-30-20-31-13-7-11-22(19-31)18-23-25(27(37)38)34(26(23)36)28(39)33-16-14-32(15-17-33)24(35)12-6-2-5-10-21-8-3-1-4-9-21/h1,3-4,8-9,20,22-23,25H,2,5-7,10-19,29H2,(H,37,38)/t22-,23+,25-/m0/s1. The van der Waals surface area contributed by atoms with E-state index in [-0.39, 0.29) is 24.9 Å². The molecule has 0 bridgehead atoms. The second-order valence-electron chi connectivity index (χ2n) is 10.8. The fourth-order valence-electron chi connectivity index (χ4n) is 6.01. The van der Waals surface area contributed by atoms with Gasteiger partial charge in [-0.2, -0.15) is 5.10 Å². The Morgan fingerprint density at radius 2 is 1.72 bits per heavy atom. The molecule has 3 saturated heterocycles. The van der Waals surface area contributed by atoms with E-state index in [4.69, 9.17) is 5.84 Å². The van der Waals surface area contributed by atoms with Crippen molar-refractivity contribution in [2.24, 2.45) is 22.8 Å². The Kier molecular flexibility index (Phi) is 9.78. The Balaban J connectivity index is 1.20. The van der Waals surface area contributed by atoms with Crippen molar-refractivity contribution >= 4 is 30.2 Å². The topological polar surface area (TPSA) is 140 Å². The van der Waals surface area contributed by atoms with Gasteiger partial charge in [0.2, 0.25) is 11.8 Å². The van der Waals surface area contributed by atoms with Crippen LogP contribution in [-0.2, 0) is 20.8 Å². The van der Waals surface area contributed by atoms with Gasteiger partial charge in [0.1, 0.15) is 6.34 Å². The van der Waals surface area contributed by atoms with E-state index in [1.165, 1.54) is 10.5 Å². The van der Waals surface area contributed by atoms with Gasteiger partial charge in [-0.15, -0.1) is 0 Å². The van der Waals surface area contributed by atoms with Gasteiger partial charge in [-0.3, -0.25) is 9.59 Å². The van der Waals surface area contributed by atoms with Crippen LogP contribution in [0.2, 0.25) is 0 Å². The van der Waals surface area contributed by atoms with Crippen LogP contribution in [-0.4, -0.2) is 100 Å². The average molecular weight is 541 g/mol. The molecule has 3 fully saturated rings. The van der Waals surface area contributed by atoms with Crippen molar-refractivity contribution in [2.45, 2.75) is 57.4 Å². The quantitative estimate of drug-likeness (QED) is 0.115. The number of aryl methyl sites for hydroxylation is 1. The Hall–Kier alpha value is -3.63. The van der Waals surface area contributed by atoms with Gasteiger partial charge >= 0.3 is 12.0 Å². The summed E-state index contributed by atoms with van der Waals surface area (Å²) in [7, 11) is 0. The number of hydrazone groups is 1. The third-order valence-electron chi connectivity index (χ3n) is 8.14. The molecular weight excluding hydrogens is 500 g/mol. The second kappa shape index (κ2) is 13.4. The molecule has 4 rings (SSSR count). The van der Waals surface area contributed by atoms with Crippen molar-refractivity contribution in [3.05, 3.63) is 35.9 Å². The van der Waals surface area contributed by atoms with Crippen molar-refractivity contribution < 1.29 is 24.3 Å². The molecule has 11 heteroatoms. The molecule has 39 heavy (non-hydrogen) atoms. The number of piperazine rings is 1. The molecule has 1 aromatic carbocycles. The van der Waals surface area contributed by atoms with E-state index in [1.54, 1.807) is 11.2 Å². The number of β-lactam (4-membered cyclic amide) rings is 1. The van der Waals surface area contributed by atoms with Crippen LogP contribution in [0.4, 0.5) is 4.79 Å². The van der Waals surface area contributed by atoms with Crippen LogP contribution < -0.4 is 5.84 Å². The van der Waals surface area contributed by atoms with Gasteiger partial charge in [-0.25, -0.2) is 14.5 Å². The third-order valence-corrected chi connectivity index (χ3v) is 8.14. The van der Waals surface area contributed by atoms with Gasteiger partial charge < -0.3 is 25.6 Å². The predicted molar refractivity (Wildman–Crippen MR) is 146 cm³/mol. The van der Waals surface area contributed by atoms with E-state index in [9.17, 15) is 24.3 Å². The molecule has 3 atom stereocenters. The number of imide groups is 1. The lowest BCUT2D eigenvalue weighted by Crippen LogP contribution is -2.69. The molecule has 0 saturated carbocycles. The SMILES string of the molecule is NN=CN1CCC[C@@H](C[C@H]2C(=O)N(C(=O)N3CCN(C(=O)CCCCCc4ccccc4)CC3)[C@@H]2C(=O)O)C1. The number of carbonyl (C=O) groups excluding carboxylic acids is 3. The number of urea groups is 1. The molecule has 3 aliphatic rings. The van der Waals surface area contributed by atoms with E-state index in [0.717, 1.165) is 50.0 Å². The lowest BCUT2D eigenvalue weighted by Gasteiger charge is -2.47. The number of aliphatic carboxylic acids is 1. The maximum Gasteiger partial charge on any atom is 0.327 e. The molecule has 0 aromatic heterocycles. The van der Waals surface area contributed by atoms with Crippen molar-refractivity contribution in [3.8, 4) is 0 Å². The van der Waals surface area contributed by atoms with Crippen molar-refractivity contribution in [1.82, 2.24) is 19.6 Å². The molecule has 0 spiro atoms. The minimum Gasteiger partial charge on any atom is -0.480 e. The lowest BCUT2D eigenvalue weighted by molar-refractivity contribution is -0.167. The van der Waals surface area contributed by atoms with Gasteiger partial charge in [0, 0.05) is 45.7 Å². The van der Waals surface area contributed by atoms with Crippen molar-refractivity contribution in [2.75, 3.05) is 39.3 Å². The number of nitrogens with zero attached hydrogens (tertiary/aromatic N) is 5. The van der Waals surface area contributed by atoms with Gasteiger partial charge in [-0.1, -0.05) is 36.8 Å². The molecular formula is C28H40N6O5. The zero-order chi connectivity index (χ0) is 27.8. The molecule has 0 aliphatic carbocycles. The van der Waals surface area contributed by atoms with Crippen molar-refractivity contribution in [3.63, 3.8) is 0 Å². The fourth-order valence-corrected chi connectivity index (χ4v) is 6.01. The van der Waals surface area contributed by atoms with Crippen LogP contribution >= 0.6 is 0 Å². The van der Waals surface area contributed by atoms with Gasteiger partial charge in [0.25, 0.3) is 0 Å². The summed E-state index contributed by atoms with van der Waals surface area (Å²) >= 11 is 0. The fraction of sp³-hybridized carbons (Fsp3) is 0.607. The number of unbranched alkanes of at least 4 members (excludes halogenated alkanes) is 2. The Morgan fingerprint density at radius 3 is 2.41 bits per heavy atom. The summed E-state index contributed by atoms with van der Waals surface area (Å²) in [6, 6.07) is 8.57. The Morgan fingerprint density at radius 1 is 1.00 bits per heavy atom. The second-order valence-corrected chi connectivity index (χ2v) is 10.8. The first-order valence-electron chi connectivity index (χ1n) is 14.0. The number of benzene rings is 1. The first-order valence-corrected chi connectivity index (χ1v) is 14.0. The van der Waals surface area contributed by atoms with Crippen LogP contribution in [0, 0.1) is 11.8 Å². The van der Waals surface area contributed by atoms with E-state index < -0.39 is 29.9 Å². The largest absolute Gasteiger partial charge is 0.480 e. The lowest BCUT2D eigenvalue weighted by atomic mass is 9.78. The van der Waals surface area contributed by atoms with Gasteiger partial charge in [0.05, 0.1) is 5.92 Å². The number of hydrogen-bond donors (Lipinski definition) is 2. The highest BCUT2D eigenvalue weighted by molar-refractivity contribution is 6.07. The molecule has 212 valence electrons. The zero-order valence-electron chi connectivity index (χ0n) is 22.5. The number of carboxylic acids is 1.